The Morgan fingerprint density at radius 2 is 1.31 bits per heavy atom. The number of hydrogen-bond donors (Lipinski definition) is 0. The summed E-state index contributed by atoms with van der Waals surface area (Å²) in [4.78, 5) is 73.0. The van der Waals surface area contributed by atoms with Gasteiger partial charge in [-0.05, 0) is 161 Å². The highest BCUT2D eigenvalue weighted by Gasteiger charge is 2.34. The van der Waals surface area contributed by atoms with Crippen LogP contribution in [0.5, 0.6) is 5.75 Å². The second-order valence-corrected chi connectivity index (χ2v) is 17.5. The van der Waals surface area contributed by atoms with Crippen molar-refractivity contribution in [2.45, 2.75) is 68.0 Å². The van der Waals surface area contributed by atoms with Gasteiger partial charge in [-0.1, -0.05) is 18.2 Å². The van der Waals surface area contributed by atoms with Gasteiger partial charge in [0.05, 0.1) is 53.4 Å². The van der Waals surface area contributed by atoms with Crippen molar-refractivity contribution in [3.05, 3.63) is 167 Å². The number of esters is 3. The van der Waals surface area contributed by atoms with Crippen molar-refractivity contribution in [2.24, 2.45) is 4.99 Å². The second kappa shape index (κ2) is 18.2. The van der Waals surface area contributed by atoms with E-state index in [4.69, 9.17) is 23.6 Å². The van der Waals surface area contributed by atoms with E-state index >= 15 is 8.63 Å². The predicted octanol–water partition coefficient (Wildman–Crippen LogP) is 11.1. The predicted molar refractivity (Wildman–Crippen MR) is 264 cm³/mol. The molecule has 1 aliphatic rings. The van der Waals surface area contributed by atoms with Gasteiger partial charge < -0.3 is 31.7 Å². The number of aryl methyl sites for hydroxylation is 2. The molecule has 5 aromatic carbocycles. The first-order chi connectivity index (χ1) is 34.2. The minimum atomic E-state index is -4.61. The topological polar surface area (TPSA) is 148 Å². The number of aromatic nitrogens is 2. The molecule has 0 N–H and O–H groups in total. The van der Waals surface area contributed by atoms with Gasteiger partial charge in [0.15, 0.2) is 0 Å². The van der Waals surface area contributed by atoms with Crippen LogP contribution in [0.25, 0.3) is 54.7 Å². The monoisotopic (exact) mass is 983 g/mol. The van der Waals surface area contributed by atoms with Crippen molar-refractivity contribution in [3.8, 4) is 11.4 Å². The van der Waals surface area contributed by atoms with E-state index in [0.717, 1.165) is 21.2 Å². The molecule has 1 radical (unpaired) electrons. The Hall–Kier alpha value is -8.15. The quantitative estimate of drug-likeness (QED) is 0.0308. The van der Waals surface area contributed by atoms with Crippen LogP contribution in [0.3, 0.4) is 0 Å². The molecule has 1 aliphatic heterocycles. The number of carbonyl (C=O) groups excluding carboxylic acids is 3. The molecule has 0 spiro atoms. The summed E-state index contributed by atoms with van der Waals surface area (Å²) < 4.78 is 95.8. The van der Waals surface area contributed by atoms with Crippen LogP contribution in [-0.4, -0.2) is 53.3 Å². The van der Waals surface area contributed by atoms with Gasteiger partial charge in [-0.25, -0.2) is 14.2 Å². The Morgan fingerprint density at radius 1 is 0.708 bits per heavy atom. The third-order valence-corrected chi connectivity index (χ3v) is 13.0. The summed E-state index contributed by atoms with van der Waals surface area (Å²) in [7, 11) is -3.11. The van der Waals surface area contributed by atoms with Crippen LogP contribution in [0.15, 0.2) is 115 Å². The Bertz CT molecular complexity index is 3800. The SMILES string of the molecule is CCOC(=O)C1=C(C)/C(=C(\c2c(C)cc(OC(=O)Cc3ccc(-n4c(=O)c5ccc6oc7ccc(C(F)(F)F)cc7c7ccc(c4=O)c5c67)cc3)cc2C)c2c(C)c(C(=O)OCC)c(C)n2[B-](F)F)N=C1C. The number of rotatable bonds is 11. The zero-order valence-corrected chi connectivity index (χ0v) is 40.1. The average molecular weight is 984 g/mol. The standard InChI is InChI=1S/C54H43BF5N3O9/c1-9-69-52(67)43-27(5)48(61-29(43)7)47(49-28(6)44(53(68)70-10-2)30(8)63(49)55(59)60)42-25(3)21-34(22-26(42)4)71-41(64)23-31-11-14-33(15-12-31)62-50(65)36-17-16-35-38-24-32(54(56,57)58)13-19-39(38)72-40-20-18-37(51(62)66)45(36)46(35)40/h11-22,24H,9-10,23H2,1-8H3/q-1/b48-47-. The Balaban J connectivity index is 1.04. The van der Waals surface area contributed by atoms with E-state index in [1.54, 1.807) is 84.9 Å². The molecule has 12 nitrogen and oxygen atoms in total. The number of halogens is 5. The lowest BCUT2D eigenvalue weighted by Gasteiger charge is -2.25. The van der Waals surface area contributed by atoms with E-state index < -0.39 is 48.2 Å². The van der Waals surface area contributed by atoms with Gasteiger partial charge >= 0.3 is 31.5 Å². The first kappa shape index (κ1) is 48.9. The van der Waals surface area contributed by atoms with Gasteiger partial charge in [-0.3, -0.25) is 19.4 Å². The maximum absolute atomic E-state index is 15.3. The number of hydrogen-bond acceptors (Lipinski definition) is 10. The number of pyridine rings is 1. The summed E-state index contributed by atoms with van der Waals surface area (Å²) in [6, 6.07) is 18.5. The van der Waals surface area contributed by atoms with Crippen LogP contribution in [-0.2, 0) is 31.7 Å². The van der Waals surface area contributed by atoms with Gasteiger partial charge in [0, 0.05) is 38.2 Å². The number of carbonyl (C=O) groups is 3. The molecule has 0 bridgehead atoms. The highest BCUT2D eigenvalue weighted by molar-refractivity contribution is 6.42. The highest BCUT2D eigenvalue weighted by atomic mass is 19.4. The molecule has 0 fully saturated rings. The van der Waals surface area contributed by atoms with Crippen molar-refractivity contribution < 1.29 is 54.8 Å². The van der Waals surface area contributed by atoms with E-state index in [1.807, 2.05) is 0 Å². The highest BCUT2D eigenvalue weighted by Crippen LogP contribution is 2.44. The lowest BCUT2D eigenvalue weighted by Crippen LogP contribution is -2.31. The molecule has 0 amide bonds. The molecule has 0 saturated heterocycles. The molecule has 72 heavy (non-hydrogen) atoms. The van der Waals surface area contributed by atoms with E-state index in [9.17, 15) is 37.1 Å². The molecule has 3 aromatic heterocycles. The molecular weight excluding hydrogens is 940 g/mol. The number of alkyl halides is 3. The first-order valence-corrected chi connectivity index (χ1v) is 22.8. The third kappa shape index (κ3) is 8.03. The van der Waals surface area contributed by atoms with Gasteiger partial charge in [-0.2, -0.15) is 13.2 Å². The fourth-order valence-electron chi connectivity index (χ4n) is 10.0. The number of allylic oxidation sites excluding steroid dienone is 1. The molecule has 367 valence electrons. The smallest absolute Gasteiger partial charge is 0.416 e. The van der Waals surface area contributed by atoms with E-state index in [0.29, 0.717) is 44.3 Å². The maximum atomic E-state index is 15.3. The number of ether oxygens (including phenoxy) is 3. The van der Waals surface area contributed by atoms with Gasteiger partial charge in [0.2, 0.25) is 0 Å². The van der Waals surface area contributed by atoms with Gasteiger partial charge in [0.1, 0.15) is 16.9 Å². The zero-order chi connectivity index (χ0) is 51.8. The Kier molecular flexibility index (Phi) is 12.4. The molecule has 4 heterocycles. The van der Waals surface area contributed by atoms with Crippen molar-refractivity contribution in [2.75, 3.05) is 13.2 Å². The molecule has 9 rings (SSSR count). The van der Waals surface area contributed by atoms with Gasteiger partial charge in [0.25, 0.3) is 11.1 Å². The maximum Gasteiger partial charge on any atom is 0.416 e. The third-order valence-electron chi connectivity index (χ3n) is 13.0. The number of aliphatic imine (C=N–C) groups is 1. The molecule has 0 unspecified atom stereocenters. The molecular formula is C54H43BF5N3O9-. The molecule has 0 aliphatic carbocycles. The molecule has 0 atom stereocenters. The van der Waals surface area contributed by atoms with E-state index in [2.05, 4.69) is 0 Å². The second-order valence-electron chi connectivity index (χ2n) is 17.5. The van der Waals surface area contributed by atoms with E-state index in [-0.39, 0.29) is 103 Å². The molecule has 8 aromatic rings. The van der Waals surface area contributed by atoms with Crippen LogP contribution in [0.2, 0.25) is 0 Å². The van der Waals surface area contributed by atoms with Crippen molar-refractivity contribution >= 4 is 80.1 Å². The van der Waals surface area contributed by atoms with Crippen LogP contribution >= 0.6 is 0 Å². The number of fused-ring (bicyclic) bond motifs is 2. The van der Waals surface area contributed by atoms with E-state index in [1.165, 1.54) is 37.3 Å². The molecule has 18 heteroatoms. The van der Waals surface area contributed by atoms with Crippen molar-refractivity contribution in [1.82, 2.24) is 9.05 Å². The summed E-state index contributed by atoms with van der Waals surface area (Å²) in [6.07, 6.45) is -4.85. The Morgan fingerprint density at radius 3 is 1.92 bits per heavy atom. The van der Waals surface area contributed by atoms with Crippen LogP contribution in [0, 0.1) is 27.7 Å². The lowest BCUT2D eigenvalue weighted by atomic mass is 9.87. The van der Waals surface area contributed by atoms with Gasteiger partial charge in [-0.15, -0.1) is 0 Å². The summed E-state index contributed by atoms with van der Waals surface area (Å²) in [5.74, 6) is -1.97. The normalized spacial score (nSPS) is 13.8. The average Bonchev–Trinajstić information content (AvgIpc) is 3.76. The summed E-state index contributed by atoms with van der Waals surface area (Å²) in [5.41, 5.74) is 1.70. The van der Waals surface area contributed by atoms with Crippen LogP contribution in [0.4, 0.5) is 21.8 Å². The number of nitrogens with zero attached hydrogens (tertiary/aromatic N) is 3. The fourth-order valence-corrected chi connectivity index (χ4v) is 10.0. The minimum Gasteiger partial charge on any atom is -0.487 e. The fraction of sp³-hybridized carbons (Fsp3) is 0.222. The van der Waals surface area contributed by atoms with Crippen LogP contribution in [0.1, 0.15) is 82.8 Å². The van der Waals surface area contributed by atoms with Crippen molar-refractivity contribution in [3.63, 3.8) is 0 Å². The summed E-state index contributed by atoms with van der Waals surface area (Å²) in [5, 5.41) is 1.45. The summed E-state index contributed by atoms with van der Waals surface area (Å²) >= 11 is 0. The lowest BCUT2D eigenvalue weighted by molar-refractivity contribution is -0.138. The minimum absolute atomic E-state index is 0.00626. The van der Waals surface area contributed by atoms with Crippen LogP contribution < -0.4 is 15.9 Å². The summed E-state index contributed by atoms with van der Waals surface area (Å²) in [6.45, 7) is 13.0. The number of benzene rings is 5. The molecule has 0 saturated carbocycles. The largest absolute Gasteiger partial charge is 0.487 e. The zero-order valence-electron chi connectivity index (χ0n) is 40.1. The first-order valence-electron chi connectivity index (χ1n) is 22.8. The van der Waals surface area contributed by atoms with Crippen molar-refractivity contribution in [1.29, 1.82) is 0 Å². The Labute approximate surface area is 407 Å².